The Morgan fingerprint density at radius 2 is 1.93 bits per heavy atom. The molecule has 4 N–H and O–H groups in total. The number of rotatable bonds is 10. The summed E-state index contributed by atoms with van der Waals surface area (Å²) in [4.78, 5) is 15.1. The van der Waals surface area contributed by atoms with Crippen LogP contribution in [0.25, 0.3) is 0 Å². The van der Waals surface area contributed by atoms with Gasteiger partial charge in [0.25, 0.3) is 5.91 Å². The normalized spacial score (nSPS) is 15.7. The number of benzene rings is 1. The highest BCUT2D eigenvalue weighted by atomic mass is 35.5. The number of ether oxygens (including phenoxy) is 1. The Bertz CT molecular complexity index is 604. The average molecular weight is 398 g/mol. The third kappa shape index (κ3) is 6.87. The van der Waals surface area contributed by atoms with Gasteiger partial charge in [-0.1, -0.05) is 30.9 Å². The highest BCUT2D eigenvalue weighted by Gasteiger charge is 2.22. The molecule has 0 radical (unpaired) electrons. The molecule has 2 rings (SSSR count). The lowest BCUT2D eigenvalue weighted by molar-refractivity contribution is 0.0907. The second-order valence-corrected chi connectivity index (χ2v) is 7.56. The predicted octanol–water partition coefficient (Wildman–Crippen LogP) is 3.07. The molecule has 0 saturated carbocycles. The van der Waals surface area contributed by atoms with E-state index in [-0.39, 0.29) is 11.9 Å². The van der Waals surface area contributed by atoms with Crippen LogP contribution in [0.3, 0.4) is 0 Å². The van der Waals surface area contributed by atoms with Gasteiger partial charge in [-0.25, -0.2) is 0 Å². The molecule has 152 valence electrons. The first-order valence-electron chi connectivity index (χ1n) is 9.82. The van der Waals surface area contributed by atoms with Crippen LogP contribution in [0, 0.1) is 0 Å². The fourth-order valence-electron chi connectivity index (χ4n) is 3.46. The van der Waals surface area contributed by atoms with Crippen molar-refractivity contribution in [3.05, 3.63) is 22.7 Å². The Kier molecular flexibility index (Phi) is 9.18. The van der Waals surface area contributed by atoms with E-state index in [0.717, 1.165) is 45.3 Å². The van der Waals surface area contributed by atoms with Crippen molar-refractivity contribution in [2.75, 3.05) is 39.1 Å². The first-order chi connectivity index (χ1) is 13.0. The molecule has 6 nitrogen and oxygen atoms in total. The van der Waals surface area contributed by atoms with E-state index in [4.69, 9.17) is 27.2 Å². The van der Waals surface area contributed by atoms with Gasteiger partial charge in [-0.15, -0.1) is 0 Å². The molecule has 1 heterocycles. The van der Waals surface area contributed by atoms with Crippen molar-refractivity contribution in [1.29, 1.82) is 0 Å². The Morgan fingerprint density at radius 1 is 1.26 bits per heavy atom. The maximum absolute atomic E-state index is 12.6. The number of aliphatic hydroxyl groups is 1. The van der Waals surface area contributed by atoms with Crippen molar-refractivity contribution in [2.24, 2.45) is 0 Å². The van der Waals surface area contributed by atoms with Crippen LogP contribution in [0.2, 0.25) is 5.02 Å². The second kappa shape index (κ2) is 11.4. The van der Waals surface area contributed by atoms with Gasteiger partial charge in [-0.3, -0.25) is 4.79 Å². The number of methoxy groups -OCH3 is 1. The van der Waals surface area contributed by atoms with E-state index in [2.05, 4.69) is 10.2 Å². The summed E-state index contributed by atoms with van der Waals surface area (Å²) in [7, 11) is 1.52. The maximum atomic E-state index is 12.6. The van der Waals surface area contributed by atoms with Crippen LogP contribution in [-0.4, -0.2) is 55.3 Å². The number of aliphatic hydroxyl groups excluding tert-OH is 1. The van der Waals surface area contributed by atoms with E-state index in [0.29, 0.717) is 28.6 Å². The van der Waals surface area contributed by atoms with E-state index in [9.17, 15) is 4.79 Å². The molecule has 0 spiro atoms. The quantitative estimate of drug-likeness (QED) is 0.417. The van der Waals surface area contributed by atoms with E-state index in [1.807, 2.05) is 0 Å². The predicted molar refractivity (Wildman–Crippen MR) is 110 cm³/mol. The lowest BCUT2D eigenvalue weighted by atomic mass is 10.0. The third-order valence-electron chi connectivity index (χ3n) is 5.12. The number of carbonyl (C=O) groups excluding carboxylic acids is 1. The molecule has 1 aliphatic heterocycles. The number of nitrogens with one attached hydrogen (secondary N) is 1. The van der Waals surface area contributed by atoms with Gasteiger partial charge < -0.3 is 25.8 Å². The third-order valence-corrected chi connectivity index (χ3v) is 5.45. The van der Waals surface area contributed by atoms with Gasteiger partial charge >= 0.3 is 0 Å². The zero-order valence-electron chi connectivity index (χ0n) is 16.2. The lowest BCUT2D eigenvalue weighted by Crippen LogP contribution is -2.44. The summed E-state index contributed by atoms with van der Waals surface area (Å²) in [6.07, 6.45) is 7.53. The van der Waals surface area contributed by atoms with E-state index in [1.54, 1.807) is 12.1 Å². The number of amides is 1. The number of hydrogen-bond donors (Lipinski definition) is 3. The van der Waals surface area contributed by atoms with Crippen LogP contribution in [0.4, 0.5) is 5.69 Å². The summed E-state index contributed by atoms with van der Waals surface area (Å²) in [5, 5.41) is 12.2. The molecule has 0 aliphatic carbocycles. The van der Waals surface area contributed by atoms with Crippen LogP contribution < -0.4 is 15.8 Å². The summed E-state index contributed by atoms with van der Waals surface area (Å²) < 4.78 is 5.27. The standard InChI is InChI=1S/C20H32ClN3O3/c1-27-19-14-18(22)17(21)13-16(19)20(26)23-15-7-10-24(11-8-15)9-5-3-2-4-6-12-25/h13-15,25H,2-12,22H2,1H3,(H,23,26). The minimum Gasteiger partial charge on any atom is -0.496 e. The Labute approximate surface area is 167 Å². The molecule has 1 aromatic rings. The maximum Gasteiger partial charge on any atom is 0.255 e. The van der Waals surface area contributed by atoms with Crippen molar-refractivity contribution in [3.8, 4) is 5.75 Å². The number of likely N-dealkylation sites (tertiary alicyclic amines) is 1. The van der Waals surface area contributed by atoms with Crippen molar-refractivity contribution >= 4 is 23.2 Å². The number of nitrogen functional groups attached to an aromatic ring is 1. The monoisotopic (exact) mass is 397 g/mol. The molecule has 1 aromatic carbocycles. The minimum atomic E-state index is -0.170. The van der Waals surface area contributed by atoms with Crippen molar-refractivity contribution in [1.82, 2.24) is 10.2 Å². The zero-order valence-corrected chi connectivity index (χ0v) is 16.9. The number of halogens is 1. The number of nitrogens with zero attached hydrogens (tertiary/aromatic N) is 1. The highest BCUT2D eigenvalue weighted by Crippen LogP contribution is 2.29. The van der Waals surface area contributed by atoms with Crippen LogP contribution in [0.5, 0.6) is 5.75 Å². The largest absolute Gasteiger partial charge is 0.496 e. The number of nitrogens with two attached hydrogens (primary N) is 1. The molecule has 7 heteroatoms. The van der Waals surface area contributed by atoms with Crippen LogP contribution >= 0.6 is 11.6 Å². The minimum absolute atomic E-state index is 0.166. The molecule has 1 saturated heterocycles. The SMILES string of the molecule is COc1cc(N)c(Cl)cc1C(=O)NC1CCN(CCCCCCCO)CC1. The van der Waals surface area contributed by atoms with Crippen molar-refractivity contribution in [3.63, 3.8) is 0 Å². The van der Waals surface area contributed by atoms with Gasteiger partial charge in [0, 0.05) is 31.8 Å². The molecule has 0 atom stereocenters. The van der Waals surface area contributed by atoms with Crippen molar-refractivity contribution < 1.29 is 14.6 Å². The average Bonchev–Trinajstić information content (AvgIpc) is 2.67. The molecule has 1 aliphatic rings. The molecular weight excluding hydrogens is 366 g/mol. The molecule has 27 heavy (non-hydrogen) atoms. The molecule has 0 bridgehead atoms. The lowest BCUT2D eigenvalue weighted by Gasteiger charge is -2.32. The fourth-order valence-corrected chi connectivity index (χ4v) is 3.62. The molecule has 0 aromatic heterocycles. The number of piperidine rings is 1. The fraction of sp³-hybridized carbons (Fsp3) is 0.650. The molecule has 0 unspecified atom stereocenters. The van der Waals surface area contributed by atoms with Crippen LogP contribution in [-0.2, 0) is 0 Å². The second-order valence-electron chi connectivity index (χ2n) is 7.15. The van der Waals surface area contributed by atoms with Gasteiger partial charge in [0.1, 0.15) is 5.75 Å². The highest BCUT2D eigenvalue weighted by molar-refractivity contribution is 6.33. The first kappa shape index (κ1) is 21.8. The van der Waals surface area contributed by atoms with Crippen LogP contribution in [0.15, 0.2) is 12.1 Å². The van der Waals surface area contributed by atoms with Gasteiger partial charge in [-0.05, 0) is 38.3 Å². The van der Waals surface area contributed by atoms with Crippen LogP contribution in [0.1, 0.15) is 55.3 Å². The number of hydrogen-bond acceptors (Lipinski definition) is 5. The van der Waals surface area contributed by atoms with E-state index in [1.165, 1.54) is 26.4 Å². The van der Waals surface area contributed by atoms with E-state index >= 15 is 0 Å². The van der Waals surface area contributed by atoms with Gasteiger partial charge in [-0.2, -0.15) is 0 Å². The molecule has 1 fully saturated rings. The Balaban J connectivity index is 1.74. The number of carbonyl (C=O) groups is 1. The zero-order chi connectivity index (χ0) is 19.6. The van der Waals surface area contributed by atoms with Gasteiger partial charge in [0.2, 0.25) is 0 Å². The summed E-state index contributed by atoms with van der Waals surface area (Å²) in [6, 6.07) is 3.32. The Morgan fingerprint density at radius 3 is 2.59 bits per heavy atom. The molecular formula is C20H32ClN3O3. The van der Waals surface area contributed by atoms with Gasteiger partial charge in [0.15, 0.2) is 0 Å². The smallest absolute Gasteiger partial charge is 0.255 e. The summed E-state index contributed by atoms with van der Waals surface area (Å²) in [5.41, 5.74) is 6.59. The Hall–Kier alpha value is -1.50. The first-order valence-corrected chi connectivity index (χ1v) is 10.2. The summed E-state index contributed by atoms with van der Waals surface area (Å²) >= 11 is 6.06. The van der Waals surface area contributed by atoms with Crippen molar-refractivity contribution in [2.45, 2.75) is 51.0 Å². The molecule has 1 amide bonds. The summed E-state index contributed by atoms with van der Waals surface area (Å²) in [5.74, 6) is 0.268. The number of anilines is 1. The summed E-state index contributed by atoms with van der Waals surface area (Å²) in [6.45, 7) is 3.41. The van der Waals surface area contributed by atoms with E-state index < -0.39 is 0 Å². The number of unbranched alkanes of at least 4 members (excludes halogenated alkanes) is 4. The topological polar surface area (TPSA) is 87.8 Å². The van der Waals surface area contributed by atoms with Gasteiger partial charge in [0.05, 0.1) is 23.4 Å².